The van der Waals surface area contributed by atoms with Crippen LogP contribution in [0, 0.1) is 13.8 Å². The Morgan fingerprint density at radius 3 is 2.77 bits per heavy atom. The van der Waals surface area contributed by atoms with Gasteiger partial charge in [0.05, 0.1) is 23.7 Å². The van der Waals surface area contributed by atoms with E-state index in [1.54, 1.807) is 43.5 Å². The van der Waals surface area contributed by atoms with Gasteiger partial charge in [-0.3, -0.25) is 9.59 Å². The number of fused-ring (bicyclic) bond motifs is 1. The number of aryl methyl sites for hydroxylation is 1. The van der Waals surface area contributed by atoms with Crippen molar-refractivity contribution >= 4 is 40.5 Å². The Bertz CT molecular complexity index is 2150. The van der Waals surface area contributed by atoms with Gasteiger partial charge in [-0.2, -0.15) is 0 Å². The molecule has 2 aromatic heterocycles. The van der Waals surface area contributed by atoms with Crippen LogP contribution in [-0.4, -0.2) is 52.8 Å². The number of rotatable bonds is 9. The van der Waals surface area contributed by atoms with Crippen LogP contribution in [0.25, 0.3) is 33.5 Å². The van der Waals surface area contributed by atoms with Crippen molar-refractivity contribution in [2.75, 3.05) is 31.4 Å². The van der Waals surface area contributed by atoms with Crippen LogP contribution in [0.4, 0.5) is 5.69 Å². The molecule has 39 heavy (non-hydrogen) atoms. The van der Waals surface area contributed by atoms with Crippen molar-refractivity contribution in [3.05, 3.63) is 81.9 Å². The fourth-order valence-electron chi connectivity index (χ4n) is 4.28. The molecule has 0 atom stereocenters. The lowest BCUT2D eigenvalue weighted by Crippen LogP contribution is -2.35. The van der Waals surface area contributed by atoms with Crippen molar-refractivity contribution in [2.45, 2.75) is 27.6 Å². The van der Waals surface area contributed by atoms with E-state index in [1.807, 2.05) is 0 Å². The number of aromatic amines is 1. The van der Waals surface area contributed by atoms with E-state index in [1.165, 1.54) is 0 Å². The van der Waals surface area contributed by atoms with Gasteiger partial charge < -0.3 is 20.5 Å². The summed E-state index contributed by atoms with van der Waals surface area (Å²) in [6.07, 6.45) is 1.54. The highest BCUT2D eigenvalue weighted by Gasteiger charge is 2.26. The molecule has 4 aromatic rings. The van der Waals surface area contributed by atoms with Crippen molar-refractivity contribution in [3.63, 3.8) is 0 Å². The van der Waals surface area contributed by atoms with Crippen LogP contribution in [0.5, 0.6) is 0 Å². The standard InChI is InChI=1S/C31H33N5O2S/c1-5-36(6-2)15-14-32-30(38)28-19(3)26(33-20(28)4)17-24-23-16-22(12-13-25(23)34-29(24)37)27-18-39-31(35-27)21-10-8-7-9-11-21/h7-13,16-18,33H,5-6,14-15H2,1-4H3,(H,32,38)(H,34,37)/b24-17-/i1D3,2D3,5D2,6D2,7D,8D,9D,10D,11D. The minimum absolute atomic E-state index is 0.0291. The van der Waals surface area contributed by atoms with Crippen molar-refractivity contribution < 1.29 is 30.2 Å². The summed E-state index contributed by atoms with van der Waals surface area (Å²) >= 11 is 1.10. The Morgan fingerprint density at radius 2 is 2.00 bits per heavy atom. The first-order valence-corrected chi connectivity index (χ1v) is 12.6. The first-order valence-electron chi connectivity index (χ1n) is 19.3. The van der Waals surface area contributed by atoms with Gasteiger partial charge in [0.25, 0.3) is 11.8 Å². The largest absolute Gasteiger partial charge is 0.358 e. The predicted molar refractivity (Wildman–Crippen MR) is 160 cm³/mol. The summed E-state index contributed by atoms with van der Waals surface area (Å²) in [5.41, 5.74) is 3.52. The number of nitrogens with zero attached hydrogens (tertiary/aromatic N) is 2. The second kappa shape index (κ2) is 11.4. The molecule has 1 aliphatic rings. The van der Waals surface area contributed by atoms with E-state index in [0.717, 1.165) is 11.3 Å². The molecule has 0 saturated carbocycles. The van der Waals surface area contributed by atoms with Gasteiger partial charge in [-0.15, -0.1) is 11.3 Å². The molecule has 2 amide bonds. The molecule has 0 unspecified atom stereocenters. The molecule has 0 fully saturated rings. The zero-order valence-electron chi connectivity index (χ0n) is 35.9. The van der Waals surface area contributed by atoms with Crippen LogP contribution in [-0.2, 0) is 4.79 Å². The van der Waals surface area contributed by atoms with Crippen LogP contribution < -0.4 is 10.6 Å². The van der Waals surface area contributed by atoms with Crippen molar-refractivity contribution in [1.82, 2.24) is 20.2 Å². The fourth-order valence-corrected chi connectivity index (χ4v) is 5.06. The first kappa shape index (κ1) is 13.9. The molecular weight excluding hydrogens is 506 g/mol. The summed E-state index contributed by atoms with van der Waals surface area (Å²) in [5, 5.41) is 7.16. The number of carbonyl (C=O) groups excluding carboxylic acids is 2. The van der Waals surface area contributed by atoms with Crippen LogP contribution >= 0.6 is 11.3 Å². The van der Waals surface area contributed by atoms with Gasteiger partial charge in [0.15, 0.2) is 0 Å². The molecule has 3 heterocycles. The zero-order valence-corrected chi connectivity index (χ0v) is 21.7. The molecule has 0 radical (unpaired) electrons. The Balaban J connectivity index is 1.41. The Hall–Kier alpha value is -4.01. The maximum Gasteiger partial charge on any atom is 0.256 e. The summed E-state index contributed by atoms with van der Waals surface area (Å²) in [6, 6.07) is 2.86. The number of hydrogen-bond donors (Lipinski definition) is 3. The van der Waals surface area contributed by atoms with Gasteiger partial charge in [0.2, 0.25) is 0 Å². The van der Waals surface area contributed by atoms with Gasteiger partial charge >= 0.3 is 0 Å². The lowest BCUT2D eigenvalue weighted by Gasteiger charge is -2.18. The molecule has 2 aromatic carbocycles. The smallest absolute Gasteiger partial charge is 0.256 e. The first-order chi connectivity index (χ1) is 24.8. The van der Waals surface area contributed by atoms with E-state index in [2.05, 4.69) is 20.6 Å². The Labute approximate surface area is 254 Å². The third kappa shape index (κ3) is 5.44. The van der Waals surface area contributed by atoms with E-state index in [4.69, 9.17) is 20.6 Å². The van der Waals surface area contributed by atoms with E-state index < -0.39 is 69.7 Å². The molecule has 3 N–H and O–H groups in total. The molecule has 0 spiro atoms. The third-order valence-electron chi connectivity index (χ3n) is 6.20. The predicted octanol–water partition coefficient (Wildman–Crippen LogP) is 5.99. The number of benzene rings is 2. The number of nitrogens with one attached hydrogen (secondary N) is 3. The summed E-state index contributed by atoms with van der Waals surface area (Å²) < 4.78 is 118. The SMILES string of the molecule is [2H]c1c([2H])c([2H])c(-c2nc(-c3ccc4c(c3)/C(=C/c3[nH]c(C)c(C(=O)NCCN(C([2H])([2H])C([2H])([2H])[2H])C([2H])([2H])C([2H])([2H])[2H])c3C)C(=O)N4)cs2)c([2H])c1[2H]. The van der Waals surface area contributed by atoms with E-state index in [-0.39, 0.29) is 38.7 Å². The lowest BCUT2D eigenvalue weighted by atomic mass is 10.0. The van der Waals surface area contributed by atoms with Crippen molar-refractivity contribution in [3.8, 4) is 21.8 Å². The number of hydrogen-bond acceptors (Lipinski definition) is 5. The molecule has 0 aliphatic carbocycles. The van der Waals surface area contributed by atoms with E-state index in [9.17, 15) is 9.59 Å². The number of H-pyrrole nitrogens is 1. The summed E-state index contributed by atoms with van der Waals surface area (Å²) in [4.78, 5) is 34.2. The van der Waals surface area contributed by atoms with Gasteiger partial charge in [-0.1, -0.05) is 50.0 Å². The number of aromatic nitrogens is 2. The van der Waals surface area contributed by atoms with Crippen molar-refractivity contribution in [2.24, 2.45) is 0 Å². The van der Waals surface area contributed by atoms with E-state index >= 15 is 0 Å². The average Bonchev–Trinajstić information content (AvgIpc) is 3.75. The summed E-state index contributed by atoms with van der Waals surface area (Å²) in [7, 11) is 0. The summed E-state index contributed by atoms with van der Waals surface area (Å²) in [5.74, 6) is -1.14. The highest BCUT2D eigenvalue weighted by molar-refractivity contribution is 7.13. The van der Waals surface area contributed by atoms with Gasteiger partial charge in [-0.05, 0) is 50.6 Å². The number of likely N-dealkylation sites (N-methyl/N-ethyl adjacent to an activating group) is 1. The number of amides is 2. The number of carbonyl (C=O) groups is 2. The topological polar surface area (TPSA) is 90.1 Å². The second-order valence-electron chi connectivity index (χ2n) is 8.61. The van der Waals surface area contributed by atoms with E-state index in [0.29, 0.717) is 39.5 Å². The number of thiazole rings is 1. The molecule has 7 nitrogen and oxygen atoms in total. The molecule has 1 aliphatic heterocycles. The quantitative estimate of drug-likeness (QED) is 0.222. The Kier molecular flexibility index (Phi) is 4.05. The number of anilines is 1. The summed E-state index contributed by atoms with van der Waals surface area (Å²) in [6.45, 7) is -11.8. The van der Waals surface area contributed by atoms with Gasteiger partial charge in [-0.25, -0.2) is 4.98 Å². The minimum atomic E-state index is -3.42. The maximum atomic E-state index is 13.4. The van der Waals surface area contributed by atoms with Crippen LogP contribution in [0.15, 0.2) is 53.8 Å². The molecule has 200 valence electrons. The Morgan fingerprint density at radius 1 is 1.21 bits per heavy atom. The monoisotopic (exact) mass is 554 g/mol. The molecule has 5 rings (SSSR count). The second-order valence-corrected chi connectivity index (χ2v) is 9.46. The van der Waals surface area contributed by atoms with Crippen LogP contribution in [0.1, 0.15) is 67.1 Å². The minimum Gasteiger partial charge on any atom is -0.358 e. The highest BCUT2D eigenvalue weighted by Crippen LogP contribution is 2.38. The third-order valence-corrected chi connectivity index (χ3v) is 7.06. The zero-order chi connectivity index (χ0) is 40.5. The molecule has 0 saturated heterocycles. The molecular formula is C31H33N5O2S. The highest BCUT2D eigenvalue weighted by atomic mass is 32.1. The van der Waals surface area contributed by atoms with Crippen LogP contribution in [0.2, 0.25) is 0 Å². The lowest BCUT2D eigenvalue weighted by molar-refractivity contribution is -0.110. The fraction of sp³-hybridized carbons (Fsp3) is 0.258. The van der Waals surface area contributed by atoms with Crippen molar-refractivity contribution in [1.29, 1.82) is 0 Å². The normalized spacial score (nSPS) is 20.6. The van der Waals surface area contributed by atoms with Crippen LogP contribution in [0.3, 0.4) is 0 Å². The van der Waals surface area contributed by atoms with Gasteiger partial charge in [0, 0.05) is 65.9 Å². The molecule has 8 heteroatoms. The average molecular weight is 555 g/mol. The maximum absolute atomic E-state index is 13.4. The molecule has 0 bridgehead atoms. The van der Waals surface area contributed by atoms with Gasteiger partial charge in [0.1, 0.15) is 5.01 Å².